The molecule has 0 bridgehead atoms. The highest BCUT2D eigenvalue weighted by atomic mass is 32.1. The molecule has 0 saturated heterocycles. The summed E-state index contributed by atoms with van der Waals surface area (Å²) in [6, 6.07) is 12.6. The molecule has 3 aromatic rings. The lowest BCUT2D eigenvalue weighted by Gasteiger charge is -2.13. The van der Waals surface area contributed by atoms with Crippen molar-refractivity contribution in [2.75, 3.05) is 5.32 Å². The smallest absolute Gasteiger partial charge is 0.247 e. The van der Waals surface area contributed by atoms with Gasteiger partial charge in [0.25, 0.3) is 0 Å². The Balaban J connectivity index is 1.72. The molecule has 0 radical (unpaired) electrons. The molecule has 102 valence electrons. The van der Waals surface area contributed by atoms with Crippen LogP contribution in [0.15, 0.2) is 47.2 Å². The van der Waals surface area contributed by atoms with Crippen LogP contribution in [0, 0.1) is 6.92 Å². The number of aryl methyl sites for hydroxylation is 1. The number of thiophene rings is 1. The fourth-order valence-corrected chi connectivity index (χ4v) is 2.89. The summed E-state index contributed by atoms with van der Waals surface area (Å²) in [6.45, 7) is 4.29. The Morgan fingerprint density at radius 1 is 1.15 bits per heavy atom. The second-order valence-electron chi connectivity index (χ2n) is 4.64. The maximum atomic E-state index is 5.17. The van der Waals surface area contributed by atoms with Gasteiger partial charge in [-0.2, -0.15) is 0 Å². The summed E-state index contributed by atoms with van der Waals surface area (Å²) in [5, 5.41) is 11.1. The number of rotatable bonds is 4. The summed E-state index contributed by atoms with van der Waals surface area (Å²) in [6.07, 6.45) is 1.34. The molecular weight excluding hydrogens is 270 g/mol. The minimum atomic E-state index is 0.294. The summed E-state index contributed by atoms with van der Waals surface area (Å²) >= 11 is 1.82. The zero-order valence-electron chi connectivity index (χ0n) is 11.3. The molecule has 3 rings (SSSR count). The number of anilines is 1. The van der Waals surface area contributed by atoms with E-state index in [0.29, 0.717) is 11.9 Å². The van der Waals surface area contributed by atoms with Crippen molar-refractivity contribution in [1.29, 1.82) is 0 Å². The van der Waals surface area contributed by atoms with Crippen LogP contribution in [0.1, 0.15) is 22.7 Å². The van der Waals surface area contributed by atoms with Gasteiger partial charge in [0.2, 0.25) is 12.3 Å². The van der Waals surface area contributed by atoms with E-state index in [-0.39, 0.29) is 0 Å². The Morgan fingerprint density at radius 2 is 1.95 bits per heavy atom. The van der Waals surface area contributed by atoms with Gasteiger partial charge in [-0.1, -0.05) is 0 Å². The number of nitrogens with zero attached hydrogens (tertiary/aromatic N) is 2. The van der Waals surface area contributed by atoms with Crippen LogP contribution in [-0.2, 0) is 0 Å². The first-order valence-electron chi connectivity index (χ1n) is 6.42. The average Bonchev–Trinajstić information content (AvgIpc) is 3.10. The first kappa shape index (κ1) is 12.9. The fraction of sp³-hybridized carbons (Fsp3) is 0.200. The number of nitrogens with one attached hydrogen (secondary N) is 1. The molecule has 0 spiro atoms. The van der Waals surface area contributed by atoms with E-state index in [1.807, 2.05) is 35.6 Å². The number of aromatic nitrogens is 2. The maximum Gasteiger partial charge on any atom is 0.247 e. The third-order valence-electron chi connectivity index (χ3n) is 3.06. The molecule has 0 aliphatic carbocycles. The Kier molecular flexibility index (Phi) is 3.52. The molecule has 1 unspecified atom stereocenters. The Hall–Kier alpha value is -2.14. The van der Waals surface area contributed by atoms with Gasteiger partial charge in [-0.15, -0.1) is 21.5 Å². The van der Waals surface area contributed by atoms with Gasteiger partial charge in [-0.25, -0.2) is 0 Å². The van der Waals surface area contributed by atoms with Crippen LogP contribution in [0.25, 0.3) is 11.5 Å². The number of benzene rings is 1. The number of hydrogen-bond acceptors (Lipinski definition) is 5. The Morgan fingerprint density at radius 3 is 2.55 bits per heavy atom. The first-order valence-corrected chi connectivity index (χ1v) is 7.23. The van der Waals surface area contributed by atoms with E-state index in [1.54, 1.807) is 0 Å². The summed E-state index contributed by atoms with van der Waals surface area (Å²) in [5.74, 6) is 0.540. The van der Waals surface area contributed by atoms with Gasteiger partial charge >= 0.3 is 0 Å². The molecule has 2 heterocycles. The van der Waals surface area contributed by atoms with Gasteiger partial charge < -0.3 is 9.73 Å². The third-order valence-corrected chi connectivity index (χ3v) is 4.25. The predicted octanol–water partition coefficient (Wildman–Crippen LogP) is 4.28. The van der Waals surface area contributed by atoms with Crippen molar-refractivity contribution < 1.29 is 4.42 Å². The minimum Gasteiger partial charge on any atom is -0.423 e. The van der Waals surface area contributed by atoms with Crippen molar-refractivity contribution in [3.05, 3.63) is 52.5 Å². The van der Waals surface area contributed by atoms with E-state index in [1.165, 1.54) is 16.1 Å². The monoisotopic (exact) mass is 285 g/mol. The van der Waals surface area contributed by atoms with Crippen LogP contribution in [0.5, 0.6) is 0 Å². The molecule has 1 atom stereocenters. The molecule has 4 nitrogen and oxygen atoms in total. The maximum absolute atomic E-state index is 5.17. The molecule has 0 saturated carbocycles. The lowest BCUT2D eigenvalue weighted by molar-refractivity contribution is 0.568. The average molecular weight is 285 g/mol. The van der Waals surface area contributed by atoms with Gasteiger partial charge in [0.15, 0.2) is 0 Å². The van der Waals surface area contributed by atoms with Crippen molar-refractivity contribution in [1.82, 2.24) is 10.2 Å². The lowest BCUT2D eigenvalue weighted by Crippen LogP contribution is -2.04. The molecular formula is C15H15N3OS. The van der Waals surface area contributed by atoms with Crippen molar-refractivity contribution >= 4 is 17.0 Å². The molecule has 5 heteroatoms. The molecule has 0 fully saturated rings. The topological polar surface area (TPSA) is 51.0 Å². The van der Waals surface area contributed by atoms with Crippen LogP contribution in [0.2, 0.25) is 0 Å². The Bertz CT molecular complexity index is 673. The van der Waals surface area contributed by atoms with Gasteiger partial charge in [0.1, 0.15) is 0 Å². The van der Waals surface area contributed by atoms with E-state index in [0.717, 1.165) is 11.3 Å². The van der Waals surface area contributed by atoms with E-state index < -0.39 is 0 Å². The Labute approximate surface area is 121 Å². The molecule has 1 N–H and O–H groups in total. The quantitative estimate of drug-likeness (QED) is 0.777. The summed E-state index contributed by atoms with van der Waals surface area (Å²) in [7, 11) is 0. The van der Waals surface area contributed by atoms with E-state index in [4.69, 9.17) is 4.42 Å². The highest BCUT2D eigenvalue weighted by Crippen LogP contribution is 2.26. The number of hydrogen-bond donors (Lipinski definition) is 1. The van der Waals surface area contributed by atoms with Gasteiger partial charge in [0, 0.05) is 21.0 Å². The van der Waals surface area contributed by atoms with Crippen molar-refractivity contribution in [2.45, 2.75) is 19.9 Å². The lowest BCUT2D eigenvalue weighted by atomic mass is 10.2. The van der Waals surface area contributed by atoms with Crippen molar-refractivity contribution in [2.24, 2.45) is 0 Å². The standard InChI is InChI=1S/C15H15N3OS/c1-10-3-8-14(20-10)11(2)17-13-6-4-12(5-7-13)15-18-16-9-19-15/h3-9,11,17H,1-2H3. The van der Waals surface area contributed by atoms with Crippen LogP contribution in [0.4, 0.5) is 5.69 Å². The van der Waals surface area contributed by atoms with Crippen molar-refractivity contribution in [3.63, 3.8) is 0 Å². The largest absolute Gasteiger partial charge is 0.423 e. The molecule has 20 heavy (non-hydrogen) atoms. The van der Waals surface area contributed by atoms with Crippen LogP contribution in [0.3, 0.4) is 0 Å². The first-order chi connectivity index (χ1) is 9.72. The van der Waals surface area contributed by atoms with E-state index in [2.05, 4.69) is 41.5 Å². The summed E-state index contributed by atoms with van der Waals surface area (Å²) in [5.41, 5.74) is 2.00. The zero-order valence-corrected chi connectivity index (χ0v) is 12.1. The van der Waals surface area contributed by atoms with Crippen molar-refractivity contribution in [3.8, 4) is 11.5 Å². The molecule has 2 aromatic heterocycles. The van der Waals surface area contributed by atoms with Crippen LogP contribution >= 0.6 is 11.3 Å². The third kappa shape index (κ3) is 2.72. The minimum absolute atomic E-state index is 0.294. The van der Waals surface area contributed by atoms with Crippen LogP contribution < -0.4 is 5.32 Å². The SMILES string of the molecule is Cc1ccc(C(C)Nc2ccc(-c3nnco3)cc2)s1. The van der Waals surface area contributed by atoms with Gasteiger partial charge in [-0.3, -0.25) is 0 Å². The van der Waals surface area contributed by atoms with E-state index in [9.17, 15) is 0 Å². The van der Waals surface area contributed by atoms with Gasteiger partial charge in [-0.05, 0) is 50.2 Å². The second kappa shape index (κ2) is 5.46. The normalized spacial score (nSPS) is 12.3. The molecule has 0 aliphatic rings. The summed E-state index contributed by atoms with van der Waals surface area (Å²) < 4.78 is 5.17. The van der Waals surface area contributed by atoms with Crippen LogP contribution in [-0.4, -0.2) is 10.2 Å². The van der Waals surface area contributed by atoms with Gasteiger partial charge in [0.05, 0.1) is 6.04 Å². The molecule has 1 aromatic carbocycles. The fourth-order valence-electron chi connectivity index (χ4n) is 2.02. The summed E-state index contributed by atoms with van der Waals surface area (Å²) in [4.78, 5) is 2.67. The highest BCUT2D eigenvalue weighted by molar-refractivity contribution is 7.12. The molecule has 0 amide bonds. The zero-order chi connectivity index (χ0) is 13.9. The molecule has 0 aliphatic heterocycles. The predicted molar refractivity (Wildman–Crippen MR) is 80.8 cm³/mol. The highest BCUT2D eigenvalue weighted by Gasteiger charge is 2.08. The second-order valence-corrected chi connectivity index (χ2v) is 5.96. The van der Waals surface area contributed by atoms with E-state index >= 15 is 0 Å².